The Labute approximate surface area is 145 Å². The highest BCUT2D eigenvalue weighted by Gasteiger charge is 2.20. The number of amides is 1. The molecule has 0 aliphatic carbocycles. The molecule has 2 aromatic heterocycles. The normalized spacial score (nSPS) is 14.6. The Morgan fingerprint density at radius 3 is 3.04 bits per heavy atom. The minimum Gasteiger partial charge on any atom is -0.375 e. The number of nitrogens with zero attached hydrogens (tertiary/aromatic N) is 4. The van der Waals surface area contributed by atoms with E-state index in [1.165, 1.54) is 7.11 Å². The number of carbonyl (C=O) groups is 1. The van der Waals surface area contributed by atoms with Crippen LogP contribution in [0.1, 0.15) is 22.8 Å². The van der Waals surface area contributed by atoms with Gasteiger partial charge in [-0.2, -0.15) is 10.2 Å². The molecule has 0 spiro atoms. The van der Waals surface area contributed by atoms with Gasteiger partial charge in [0.25, 0.3) is 0 Å². The third-order valence-corrected chi connectivity index (χ3v) is 4.49. The fraction of sp³-hybridized carbons (Fsp3) is 0.533. The summed E-state index contributed by atoms with van der Waals surface area (Å²) in [7, 11) is 1.50. The molecule has 3 heterocycles. The third kappa shape index (κ3) is 3.77. The van der Waals surface area contributed by atoms with Crippen molar-refractivity contribution < 1.29 is 9.53 Å². The van der Waals surface area contributed by atoms with E-state index >= 15 is 0 Å². The maximum Gasteiger partial charge on any atom is 0.246 e. The summed E-state index contributed by atoms with van der Waals surface area (Å²) in [4.78, 5) is 13.7. The van der Waals surface area contributed by atoms with Crippen molar-refractivity contribution >= 4 is 17.5 Å². The van der Waals surface area contributed by atoms with E-state index in [0.717, 1.165) is 42.4 Å². The number of aromatic amines is 1. The van der Waals surface area contributed by atoms with Crippen LogP contribution in [0.15, 0.2) is 6.07 Å². The quantitative estimate of drug-likeness (QED) is 0.804. The highest BCUT2D eigenvalue weighted by atomic mass is 35.5. The average Bonchev–Trinajstić information content (AvgIpc) is 3.11. The van der Waals surface area contributed by atoms with E-state index in [1.807, 2.05) is 17.7 Å². The van der Waals surface area contributed by atoms with Crippen molar-refractivity contribution in [1.29, 1.82) is 0 Å². The van der Waals surface area contributed by atoms with Gasteiger partial charge >= 0.3 is 0 Å². The molecular weight excluding hydrogens is 332 g/mol. The lowest BCUT2D eigenvalue weighted by Crippen LogP contribution is -2.33. The van der Waals surface area contributed by atoms with Gasteiger partial charge < -0.3 is 10.1 Å². The first kappa shape index (κ1) is 16.9. The van der Waals surface area contributed by atoms with Crippen molar-refractivity contribution in [3.63, 3.8) is 0 Å². The standard InChI is InChI=1S/C15H21ClN6O2/c1-10-15(16)13(19-18-10)8-21-3-4-22-12(7-21)5-11(20-22)6-17-14(23)9-24-2/h5H,3-4,6-9H2,1-2H3,(H,17,23)(H,18,19). The van der Waals surface area contributed by atoms with E-state index in [-0.39, 0.29) is 12.5 Å². The van der Waals surface area contributed by atoms with Crippen molar-refractivity contribution in [2.75, 3.05) is 20.3 Å². The number of ether oxygens (including phenoxy) is 1. The first-order valence-corrected chi connectivity index (χ1v) is 8.17. The molecule has 130 valence electrons. The van der Waals surface area contributed by atoms with Gasteiger partial charge in [-0.15, -0.1) is 0 Å². The molecule has 3 rings (SSSR count). The smallest absolute Gasteiger partial charge is 0.246 e. The van der Waals surface area contributed by atoms with Crippen molar-refractivity contribution in [1.82, 2.24) is 30.2 Å². The van der Waals surface area contributed by atoms with E-state index in [2.05, 4.69) is 25.5 Å². The SMILES string of the molecule is COCC(=O)NCc1cc2n(n1)CCN(Cc1n[nH]c(C)c1Cl)C2. The van der Waals surface area contributed by atoms with Crippen LogP contribution in [0, 0.1) is 6.92 Å². The zero-order valence-electron chi connectivity index (χ0n) is 13.8. The molecule has 24 heavy (non-hydrogen) atoms. The Balaban J connectivity index is 1.59. The number of hydrogen-bond acceptors (Lipinski definition) is 5. The van der Waals surface area contributed by atoms with Crippen LogP contribution in [0.25, 0.3) is 0 Å². The average molecular weight is 353 g/mol. The summed E-state index contributed by atoms with van der Waals surface area (Å²) in [6.45, 7) is 5.55. The number of H-pyrrole nitrogens is 1. The zero-order valence-corrected chi connectivity index (χ0v) is 14.6. The van der Waals surface area contributed by atoms with Crippen LogP contribution in [0.5, 0.6) is 0 Å². The summed E-state index contributed by atoms with van der Waals surface area (Å²) in [6.07, 6.45) is 0. The van der Waals surface area contributed by atoms with E-state index in [4.69, 9.17) is 16.3 Å². The minimum absolute atomic E-state index is 0.0607. The maximum absolute atomic E-state index is 11.4. The number of methoxy groups -OCH3 is 1. The van der Waals surface area contributed by atoms with E-state index in [0.29, 0.717) is 18.1 Å². The molecule has 9 heteroatoms. The Hall–Kier alpha value is -1.90. The molecule has 0 radical (unpaired) electrons. The van der Waals surface area contributed by atoms with Crippen LogP contribution in [0.2, 0.25) is 5.02 Å². The zero-order chi connectivity index (χ0) is 17.1. The molecule has 2 aromatic rings. The van der Waals surface area contributed by atoms with Crippen molar-refractivity contribution in [2.24, 2.45) is 0 Å². The number of rotatable bonds is 6. The first-order valence-electron chi connectivity index (χ1n) is 7.79. The fourth-order valence-corrected chi connectivity index (χ4v) is 2.90. The van der Waals surface area contributed by atoms with Gasteiger partial charge in [0.05, 0.1) is 40.9 Å². The topological polar surface area (TPSA) is 88.1 Å². The lowest BCUT2D eigenvalue weighted by Gasteiger charge is -2.26. The monoisotopic (exact) mass is 352 g/mol. The second-order valence-electron chi connectivity index (χ2n) is 5.88. The lowest BCUT2D eigenvalue weighted by molar-refractivity contribution is -0.124. The van der Waals surface area contributed by atoms with Crippen molar-refractivity contribution in [2.45, 2.75) is 33.1 Å². The Morgan fingerprint density at radius 2 is 2.33 bits per heavy atom. The van der Waals surface area contributed by atoms with E-state index in [9.17, 15) is 4.79 Å². The first-order chi connectivity index (χ1) is 11.6. The number of nitrogens with one attached hydrogen (secondary N) is 2. The molecule has 0 aromatic carbocycles. The molecule has 1 aliphatic rings. The van der Waals surface area contributed by atoms with E-state index < -0.39 is 0 Å². The fourth-order valence-electron chi connectivity index (χ4n) is 2.76. The maximum atomic E-state index is 11.4. The number of halogens is 1. The predicted molar refractivity (Wildman–Crippen MR) is 88.4 cm³/mol. The van der Waals surface area contributed by atoms with Gasteiger partial charge in [0.1, 0.15) is 6.61 Å². The largest absolute Gasteiger partial charge is 0.375 e. The predicted octanol–water partition coefficient (Wildman–Crippen LogP) is 0.846. The highest BCUT2D eigenvalue weighted by molar-refractivity contribution is 6.31. The van der Waals surface area contributed by atoms with Crippen molar-refractivity contribution in [3.05, 3.63) is 33.9 Å². The molecule has 0 saturated heterocycles. The molecule has 2 N–H and O–H groups in total. The number of aryl methyl sites for hydroxylation is 1. The Bertz CT molecular complexity index is 726. The van der Waals surface area contributed by atoms with Crippen LogP contribution < -0.4 is 5.32 Å². The number of aromatic nitrogens is 4. The van der Waals surface area contributed by atoms with Crippen molar-refractivity contribution in [3.8, 4) is 0 Å². The van der Waals surface area contributed by atoms with Crippen LogP contribution in [0.4, 0.5) is 0 Å². The van der Waals surface area contributed by atoms with Gasteiger partial charge in [0, 0.05) is 26.7 Å². The summed E-state index contributed by atoms with van der Waals surface area (Å²) >= 11 is 6.24. The van der Waals surface area contributed by atoms with Crippen LogP contribution in [-0.2, 0) is 35.7 Å². The summed E-state index contributed by atoms with van der Waals surface area (Å²) in [6, 6.07) is 2.02. The molecule has 8 nitrogen and oxygen atoms in total. The summed E-state index contributed by atoms with van der Waals surface area (Å²) in [5.74, 6) is -0.145. The molecule has 0 unspecified atom stereocenters. The molecule has 0 bridgehead atoms. The summed E-state index contributed by atoms with van der Waals surface area (Å²) < 4.78 is 6.78. The summed E-state index contributed by atoms with van der Waals surface area (Å²) in [5, 5.41) is 15.2. The molecule has 1 aliphatic heterocycles. The number of fused-ring (bicyclic) bond motifs is 1. The van der Waals surface area contributed by atoms with Crippen LogP contribution >= 0.6 is 11.6 Å². The molecule has 0 saturated carbocycles. The summed E-state index contributed by atoms with van der Waals surface area (Å²) in [5.41, 5.74) is 3.74. The highest BCUT2D eigenvalue weighted by Crippen LogP contribution is 2.21. The van der Waals surface area contributed by atoms with Gasteiger partial charge in [-0.25, -0.2) is 0 Å². The second kappa shape index (κ2) is 7.33. The van der Waals surface area contributed by atoms with Gasteiger partial charge in [0.2, 0.25) is 5.91 Å². The molecule has 0 atom stereocenters. The lowest BCUT2D eigenvalue weighted by atomic mass is 10.2. The van der Waals surface area contributed by atoms with Crippen LogP contribution in [0.3, 0.4) is 0 Å². The van der Waals surface area contributed by atoms with Crippen LogP contribution in [-0.4, -0.2) is 51.0 Å². The Kier molecular flexibility index (Phi) is 5.17. The molecule has 1 amide bonds. The van der Waals surface area contributed by atoms with Gasteiger partial charge in [-0.05, 0) is 13.0 Å². The molecule has 0 fully saturated rings. The van der Waals surface area contributed by atoms with Gasteiger partial charge in [-0.1, -0.05) is 11.6 Å². The van der Waals surface area contributed by atoms with Gasteiger partial charge in [0.15, 0.2) is 0 Å². The number of carbonyl (C=O) groups excluding carboxylic acids is 1. The van der Waals surface area contributed by atoms with Gasteiger partial charge in [-0.3, -0.25) is 19.5 Å². The Morgan fingerprint density at radius 1 is 1.50 bits per heavy atom. The minimum atomic E-state index is -0.145. The van der Waals surface area contributed by atoms with E-state index in [1.54, 1.807) is 0 Å². The number of hydrogen-bond donors (Lipinski definition) is 2. The third-order valence-electron chi connectivity index (χ3n) is 3.98. The molecular formula is C15H21ClN6O2. The second-order valence-corrected chi connectivity index (χ2v) is 6.26.